The monoisotopic (exact) mass is 425 g/mol. The molecule has 1 fully saturated rings. The number of fused-ring (bicyclic) bond motifs is 1. The number of nitrogens with zero attached hydrogens (tertiary/aromatic N) is 1. The van der Waals surface area contributed by atoms with Crippen LogP contribution in [-0.2, 0) is 10.2 Å². The van der Waals surface area contributed by atoms with Crippen LogP contribution in [-0.4, -0.2) is 22.2 Å². The molecule has 158 valence electrons. The predicted octanol–water partition coefficient (Wildman–Crippen LogP) is 3.74. The largest absolute Gasteiger partial charge is 0.586 e. The second-order valence-electron chi connectivity index (χ2n) is 7.72. The van der Waals surface area contributed by atoms with Crippen molar-refractivity contribution >= 4 is 11.7 Å². The third-order valence-corrected chi connectivity index (χ3v) is 5.42. The van der Waals surface area contributed by atoms with Crippen LogP contribution in [0, 0.1) is 6.92 Å². The summed E-state index contributed by atoms with van der Waals surface area (Å²) in [4.78, 5) is 31.7. The summed E-state index contributed by atoms with van der Waals surface area (Å²) in [5.74, 6) is -0.0911. The van der Waals surface area contributed by atoms with E-state index in [4.69, 9.17) is 0 Å². The minimum atomic E-state index is -3.71. The van der Waals surface area contributed by atoms with Crippen molar-refractivity contribution in [2.45, 2.75) is 31.5 Å². The molecule has 3 heterocycles. The molecule has 0 radical (unpaired) electrons. The van der Waals surface area contributed by atoms with Gasteiger partial charge in [0.15, 0.2) is 11.5 Å². The number of amides is 1. The van der Waals surface area contributed by atoms with Gasteiger partial charge in [-0.3, -0.25) is 9.59 Å². The summed E-state index contributed by atoms with van der Waals surface area (Å²) in [5.41, 5.74) is 1.52. The number of aryl methyl sites for hydroxylation is 1. The highest BCUT2D eigenvalue weighted by atomic mass is 19.3. The van der Waals surface area contributed by atoms with Gasteiger partial charge in [0.25, 0.3) is 0 Å². The lowest BCUT2D eigenvalue weighted by Gasteiger charge is -2.16. The molecule has 0 atom stereocenters. The fourth-order valence-corrected chi connectivity index (χ4v) is 3.74. The van der Waals surface area contributed by atoms with E-state index in [1.807, 2.05) is 13.0 Å². The Balaban J connectivity index is 1.42. The number of benzene rings is 1. The van der Waals surface area contributed by atoms with Crippen LogP contribution in [0.15, 0.2) is 53.5 Å². The number of alkyl halides is 2. The number of carbonyl (C=O) groups excluding carboxylic acids is 1. The normalized spacial score (nSPS) is 17.3. The molecule has 7 nitrogen and oxygen atoms in total. The van der Waals surface area contributed by atoms with E-state index in [2.05, 4.69) is 24.8 Å². The van der Waals surface area contributed by atoms with Gasteiger partial charge < -0.3 is 19.8 Å². The van der Waals surface area contributed by atoms with Crippen molar-refractivity contribution in [1.82, 2.24) is 9.97 Å². The zero-order valence-electron chi connectivity index (χ0n) is 16.4. The number of H-pyrrole nitrogens is 1. The number of halogens is 2. The van der Waals surface area contributed by atoms with Crippen molar-refractivity contribution in [2.75, 3.05) is 5.32 Å². The van der Waals surface area contributed by atoms with Gasteiger partial charge in [-0.1, -0.05) is 6.07 Å². The van der Waals surface area contributed by atoms with Crippen LogP contribution in [0.5, 0.6) is 11.5 Å². The van der Waals surface area contributed by atoms with Crippen molar-refractivity contribution in [3.63, 3.8) is 0 Å². The molecule has 2 aliphatic rings. The first kappa shape index (κ1) is 19.2. The number of pyridine rings is 2. The average molecular weight is 425 g/mol. The Morgan fingerprint density at radius 2 is 1.87 bits per heavy atom. The number of anilines is 1. The topological polar surface area (TPSA) is 93.3 Å². The van der Waals surface area contributed by atoms with Gasteiger partial charge >= 0.3 is 6.29 Å². The Bertz CT molecular complexity index is 1270. The third-order valence-electron chi connectivity index (χ3n) is 5.42. The number of hydrogen-bond donors (Lipinski definition) is 2. The molecule has 0 unspecified atom stereocenters. The molecule has 2 N–H and O–H groups in total. The minimum absolute atomic E-state index is 0.0622. The number of rotatable bonds is 4. The van der Waals surface area contributed by atoms with E-state index in [0.717, 1.165) is 5.56 Å². The second kappa shape index (κ2) is 6.63. The summed E-state index contributed by atoms with van der Waals surface area (Å²) in [5, 5.41) is 2.84. The first-order chi connectivity index (χ1) is 14.7. The maximum absolute atomic E-state index is 13.3. The molecule has 3 aromatic rings. The first-order valence-corrected chi connectivity index (χ1v) is 9.64. The predicted molar refractivity (Wildman–Crippen MR) is 107 cm³/mol. The molecule has 0 bridgehead atoms. The fraction of sp³-hybridized carbons (Fsp3) is 0.227. The SMILES string of the molecule is Cc1cc(NC(=O)C2(c3ccc4c(c3)OC(F)(F)O4)CC2)nc(-c2cc[nH]c(=O)c2)c1. The summed E-state index contributed by atoms with van der Waals surface area (Å²) in [7, 11) is 0. The van der Waals surface area contributed by atoms with Crippen LogP contribution < -0.4 is 20.3 Å². The average Bonchev–Trinajstić information content (AvgIpc) is 3.45. The van der Waals surface area contributed by atoms with Crippen LogP contribution in [0.1, 0.15) is 24.0 Å². The lowest BCUT2D eigenvalue weighted by Crippen LogP contribution is -2.28. The van der Waals surface area contributed by atoms with Gasteiger partial charge in [0.2, 0.25) is 11.5 Å². The summed E-state index contributed by atoms with van der Waals surface area (Å²) in [6, 6.07) is 11.1. The number of carbonyl (C=O) groups is 1. The van der Waals surface area contributed by atoms with Crippen LogP contribution in [0.3, 0.4) is 0 Å². The van der Waals surface area contributed by atoms with Gasteiger partial charge in [-0.15, -0.1) is 8.78 Å². The number of hydrogen-bond acceptors (Lipinski definition) is 5. The van der Waals surface area contributed by atoms with Crippen LogP contribution in [0.4, 0.5) is 14.6 Å². The molecule has 0 saturated heterocycles. The molecular formula is C22H17F2N3O4. The van der Waals surface area contributed by atoms with E-state index in [0.29, 0.717) is 35.5 Å². The molecular weight excluding hydrogens is 408 g/mol. The number of ether oxygens (including phenoxy) is 2. The van der Waals surface area contributed by atoms with E-state index >= 15 is 0 Å². The highest BCUT2D eigenvalue weighted by Crippen LogP contribution is 2.52. The molecule has 1 amide bonds. The molecule has 1 aliphatic carbocycles. The molecule has 2 aromatic heterocycles. The van der Waals surface area contributed by atoms with Gasteiger partial charge in [-0.2, -0.15) is 0 Å². The molecule has 0 spiro atoms. The van der Waals surface area contributed by atoms with E-state index in [9.17, 15) is 18.4 Å². The lowest BCUT2D eigenvalue weighted by atomic mass is 9.94. The number of aromatic nitrogens is 2. The van der Waals surface area contributed by atoms with Crippen LogP contribution in [0.25, 0.3) is 11.3 Å². The Kier molecular flexibility index (Phi) is 4.11. The fourth-order valence-electron chi connectivity index (χ4n) is 3.74. The van der Waals surface area contributed by atoms with Crippen molar-refractivity contribution in [1.29, 1.82) is 0 Å². The Hall–Kier alpha value is -3.75. The van der Waals surface area contributed by atoms with E-state index in [-0.39, 0.29) is 23.0 Å². The summed E-state index contributed by atoms with van der Waals surface area (Å²) >= 11 is 0. The third kappa shape index (κ3) is 3.52. The zero-order chi connectivity index (χ0) is 21.8. The molecule has 5 rings (SSSR count). The summed E-state index contributed by atoms with van der Waals surface area (Å²) in [6.07, 6.45) is -1.04. The zero-order valence-corrected chi connectivity index (χ0v) is 16.4. The number of aromatic amines is 1. The minimum Gasteiger partial charge on any atom is -0.395 e. The molecule has 1 aliphatic heterocycles. The Labute approximate surface area is 175 Å². The van der Waals surface area contributed by atoms with Crippen molar-refractivity contribution < 1.29 is 23.0 Å². The maximum atomic E-state index is 13.3. The second-order valence-corrected chi connectivity index (χ2v) is 7.72. The summed E-state index contributed by atoms with van der Waals surface area (Å²) < 4.78 is 35.6. The highest BCUT2D eigenvalue weighted by Gasteiger charge is 2.53. The maximum Gasteiger partial charge on any atom is 0.586 e. The van der Waals surface area contributed by atoms with Gasteiger partial charge in [0.05, 0.1) is 11.1 Å². The molecule has 1 saturated carbocycles. The van der Waals surface area contributed by atoms with E-state index in [1.165, 1.54) is 24.4 Å². The van der Waals surface area contributed by atoms with E-state index < -0.39 is 11.7 Å². The van der Waals surface area contributed by atoms with Gasteiger partial charge in [0, 0.05) is 17.8 Å². The van der Waals surface area contributed by atoms with Crippen molar-refractivity contribution in [3.05, 3.63) is 70.1 Å². The number of nitrogens with one attached hydrogen (secondary N) is 2. The first-order valence-electron chi connectivity index (χ1n) is 9.64. The highest BCUT2D eigenvalue weighted by molar-refractivity contribution is 6.01. The van der Waals surface area contributed by atoms with E-state index in [1.54, 1.807) is 18.2 Å². The lowest BCUT2D eigenvalue weighted by molar-refractivity contribution is -0.286. The Morgan fingerprint density at radius 3 is 2.61 bits per heavy atom. The van der Waals surface area contributed by atoms with Crippen molar-refractivity contribution in [3.8, 4) is 22.8 Å². The van der Waals surface area contributed by atoms with Crippen LogP contribution in [0.2, 0.25) is 0 Å². The van der Waals surface area contributed by atoms with Crippen molar-refractivity contribution in [2.24, 2.45) is 0 Å². The molecule has 9 heteroatoms. The van der Waals surface area contributed by atoms with Gasteiger partial charge in [-0.05, 0) is 61.2 Å². The van der Waals surface area contributed by atoms with Crippen LogP contribution >= 0.6 is 0 Å². The smallest absolute Gasteiger partial charge is 0.395 e. The van der Waals surface area contributed by atoms with Gasteiger partial charge in [0.1, 0.15) is 5.82 Å². The molecule has 1 aromatic carbocycles. The molecule has 31 heavy (non-hydrogen) atoms. The Morgan fingerprint density at radius 1 is 1.10 bits per heavy atom. The standard InChI is InChI=1S/C22H17F2N3O4/c1-12-8-15(13-4-7-25-19(28)10-13)26-18(9-12)27-20(29)21(5-6-21)14-2-3-16-17(11-14)31-22(23,24)30-16/h2-4,7-11H,5-6H2,1H3,(H,25,28)(H,26,27,29). The van der Waals surface area contributed by atoms with Gasteiger partial charge in [-0.25, -0.2) is 4.98 Å². The quantitative estimate of drug-likeness (QED) is 0.664. The summed E-state index contributed by atoms with van der Waals surface area (Å²) in [6.45, 7) is 1.86.